The van der Waals surface area contributed by atoms with E-state index >= 15 is 0 Å². The molecule has 2 fully saturated rings. The van der Waals surface area contributed by atoms with Gasteiger partial charge in [0.15, 0.2) is 0 Å². The second-order valence-electron chi connectivity index (χ2n) is 4.36. The molecule has 4 heteroatoms. The number of likely N-dealkylation sites (tertiary alicyclic amines) is 1. The summed E-state index contributed by atoms with van der Waals surface area (Å²) in [6.07, 6.45) is 2.22. The van der Waals surface area contributed by atoms with Gasteiger partial charge >= 0.3 is 0 Å². The molecule has 80 valence electrons. The van der Waals surface area contributed by atoms with E-state index in [0.29, 0.717) is 13.1 Å². The third-order valence-corrected chi connectivity index (χ3v) is 3.19. The molecule has 2 aliphatic rings. The van der Waals surface area contributed by atoms with Crippen LogP contribution in [0.2, 0.25) is 0 Å². The first kappa shape index (κ1) is 8.97. The zero-order valence-corrected chi connectivity index (χ0v) is 8.30. The summed E-state index contributed by atoms with van der Waals surface area (Å²) in [7, 11) is 0. The number of furan rings is 1. The molecule has 15 heavy (non-hydrogen) atoms. The van der Waals surface area contributed by atoms with Crippen molar-refractivity contribution >= 4 is 5.91 Å². The van der Waals surface area contributed by atoms with Crippen LogP contribution in [0, 0.1) is 5.92 Å². The Balaban J connectivity index is 1.60. The van der Waals surface area contributed by atoms with Crippen molar-refractivity contribution in [2.75, 3.05) is 13.1 Å². The molecular formula is C11H13NO3. The summed E-state index contributed by atoms with van der Waals surface area (Å²) in [5, 5.41) is 9.11. The van der Waals surface area contributed by atoms with E-state index in [4.69, 9.17) is 9.52 Å². The van der Waals surface area contributed by atoms with Gasteiger partial charge in [-0.2, -0.15) is 0 Å². The fourth-order valence-electron chi connectivity index (χ4n) is 2.15. The SMILES string of the molecule is O=C(C1CC1c1ccco1)N1CC(O)C1. The highest BCUT2D eigenvalue weighted by molar-refractivity contribution is 5.83. The number of carbonyl (C=O) groups excluding carboxylic acids is 1. The van der Waals surface area contributed by atoms with Gasteiger partial charge in [-0.05, 0) is 18.6 Å². The van der Waals surface area contributed by atoms with E-state index in [9.17, 15) is 4.79 Å². The number of hydrogen-bond acceptors (Lipinski definition) is 3. The monoisotopic (exact) mass is 207 g/mol. The Morgan fingerprint density at radius 2 is 2.33 bits per heavy atom. The van der Waals surface area contributed by atoms with Crippen molar-refractivity contribution in [2.24, 2.45) is 5.92 Å². The Morgan fingerprint density at radius 3 is 2.93 bits per heavy atom. The molecule has 1 aromatic heterocycles. The van der Waals surface area contributed by atoms with Crippen molar-refractivity contribution in [1.82, 2.24) is 4.90 Å². The number of amides is 1. The Labute approximate surface area is 87.5 Å². The van der Waals surface area contributed by atoms with Gasteiger partial charge in [-0.25, -0.2) is 0 Å². The Bertz CT molecular complexity index is 367. The third-order valence-electron chi connectivity index (χ3n) is 3.19. The van der Waals surface area contributed by atoms with Gasteiger partial charge in [0, 0.05) is 24.9 Å². The molecule has 1 aliphatic carbocycles. The molecule has 2 unspecified atom stereocenters. The minimum Gasteiger partial charge on any atom is -0.469 e. The van der Waals surface area contributed by atoms with Gasteiger partial charge in [0.1, 0.15) is 5.76 Å². The second kappa shape index (κ2) is 3.10. The number of aliphatic hydroxyl groups excluding tert-OH is 1. The maximum Gasteiger partial charge on any atom is 0.226 e. The first-order valence-electron chi connectivity index (χ1n) is 5.26. The lowest BCUT2D eigenvalue weighted by atomic mass is 10.1. The Hall–Kier alpha value is -1.29. The van der Waals surface area contributed by atoms with Crippen molar-refractivity contribution in [3.05, 3.63) is 24.2 Å². The van der Waals surface area contributed by atoms with Gasteiger partial charge in [0.25, 0.3) is 0 Å². The molecule has 3 rings (SSSR count). The van der Waals surface area contributed by atoms with E-state index in [1.165, 1.54) is 0 Å². The van der Waals surface area contributed by atoms with Gasteiger partial charge in [0.05, 0.1) is 12.4 Å². The molecule has 0 aromatic carbocycles. The highest BCUT2D eigenvalue weighted by Crippen LogP contribution is 2.48. The standard InChI is InChI=1S/C11H13NO3/c13-7-5-12(6-7)11(14)9-4-8(9)10-2-1-3-15-10/h1-3,7-9,13H,4-6H2. The summed E-state index contributed by atoms with van der Waals surface area (Å²) in [5.74, 6) is 1.44. The van der Waals surface area contributed by atoms with Crippen LogP contribution in [0.1, 0.15) is 18.1 Å². The van der Waals surface area contributed by atoms with Crippen molar-refractivity contribution in [3.63, 3.8) is 0 Å². The summed E-state index contributed by atoms with van der Waals surface area (Å²) < 4.78 is 5.27. The number of hydrogen-bond donors (Lipinski definition) is 1. The first-order valence-corrected chi connectivity index (χ1v) is 5.26. The third kappa shape index (κ3) is 1.45. The van der Waals surface area contributed by atoms with Crippen LogP contribution in [0.15, 0.2) is 22.8 Å². The highest BCUT2D eigenvalue weighted by atomic mass is 16.3. The number of carbonyl (C=O) groups is 1. The van der Waals surface area contributed by atoms with Crippen LogP contribution in [-0.4, -0.2) is 35.1 Å². The van der Waals surface area contributed by atoms with Crippen LogP contribution in [0.4, 0.5) is 0 Å². The molecule has 1 saturated carbocycles. The van der Waals surface area contributed by atoms with Crippen LogP contribution in [-0.2, 0) is 4.79 Å². The normalized spacial score (nSPS) is 30.1. The van der Waals surface area contributed by atoms with Gasteiger partial charge in [-0.15, -0.1) is 0 Å². The quantitative estimate of drug-likeness (QED) is 0.772. The molecule has 0 bridgehead atoms. The Kier molecular flexibility index (Phi) is 1.85. The summed E-state index contributed by atoms with van der Waals surface area (Å²) in [5.41, 5.74) is 0. The van der Waals surface area contributed by atoms with Gasteiger partial charge < -0.3 is 14.4 Å². The van der Waals surface area contributed by atoms with Crippen LogP contribution in [0.3, 0.4) is 0 Å². The van der Waals surface area contributed by atoms with Crippen LogP contribution < -0.4 is 0 Å². The molecule has 4 nitrogen and oxygen atoms in total. The summed E-state index contributed by atoms with van der Waals surface area (Å²) in [6, 6.07) is 3.77. The van der Waals surface area contributed by atoms with Crippen LogP contribution >= 0.6 is 0 Å². The van der Waals surface area contributed by atoms with Crippen molar-refractivity contribution in [2.45, 2.75) is 18.4 Å². The first-order chi connectivity index (χ1) is 7.25. The fourth-order valence-corrected chi connectivity index (χ4v) is 2.15. The largest absolute Gasteiger partial charge is 0.469 e. The lowest BCUT2D eigenvalue weighted by molar-refractivity contribution is -0.142. The molecule has 2 heterocycles. The second-order valence-corrected chi connectivity index (χ2v) is 4.36. The average Bonchev–Trinajstić information content (AvgIpc) is 2.79. The minimum absolute atomic E-state index is 0.0867. The van der Waals surface area contributed by atoms with Crippen molar-refractivity contribution < 1.29 is 14.3 Å². The van der Waals surface area contributed by atoms with E-state index in [1.54, 1.807) is 11.2 Å². The zero-order valence-electron chi connectivity index (χ0n) is 8.30. The molecule has 0 spiro atoms. The molecule has 1 aromatic rings. The summed E-state index contributed by atoms with van der Waals surface area (Å²) >= 11 is 0. The highest BCUT2D eigenvalue weighted by Gasteiger charge is 2.49. The molecule has 1 N–H and O–H groups in total. The number of aliphatic hydroxyl groups is 1. The van der Waals surface area contributed by atoms with E-state index in [-0.39, 0.29) is 23.8 Å². The molecule has 1 aliphatic heterocycles. The van der Waals surface area contributed by atoms with Crippen molar-refractivity contribution in [3.8, 4) is 0 Å². The topological polar surface area (TPSA) is 53.7 Å². The van der Waals surface area contributed by atoms with Gasteiger partial charge in [-0.3, -0.25) is 4.79 Å². The summed E-state index contributed by atoms with van der Waals surface area (Å²) in [6.45, 7) is 1.00. The van der Waals surface area contributed by atoms with Gasteiger partial charge in [0.2, 0.25) is 5.91 Å². The van der Waals surface area contributed by atoms with Crippen molar-refractivity contribution in [1.29, 1.82) is 0 Å². The molecular weight excluding hydrogens is 194 g/mol. The minimum atomic E-state index is -0.310. The lowest BCUT2D eigenvalue weighted by Crippen LogP contribution is -2.54. The predicted octanol–water partition coefficient (Wildman–Crippen LogP) is 0.586. The van der Waals surface area contributed by atoms with Crippen LogP contribution in [0.25, 0.3) is 0 Å². The number of nitrogens with zero attached hydrogens (tertiary/aromatic N) is 1. The fraction of sp³-hybridized carbons (Fsp3) is 0.545. The smallest absolute Gasteiger partial charge is 0.226 e. The number of rotatable bonds is 2. The van der Waals surface area contributed by atoms with E-state index in [0.717, 1.165) is 12.2 Å². The average molecular weight is 207 g/mol. The summed E-state index contributed by atoms with van der Waals surface area (Å²) in [4.78, 5) is 13.5. The zero-order chi connectivity index (χ0) is 10.4. The predicted molar refractivity (Wildman–Crippen MR) is 52.1 cm³/mol. The van der Waals surface area contributed by atoms with E-state index in [1.807, 2.05) is 12.1 Å². The molecule has 2 atom stereocenters. The lowest BCUT2D eigenvalue weighted by Gasteiger charge is -2.36. The molecule has 1 saturated heterocycles. The maximum atomic E-state index is 11.8. The van der Waals surface area contributed by atoms with Crippen LogP contribution in [0.5, 0.6) is 0 Å². The maximum absolute atomic E-state index is 11.8. The molecule has 0 radical (unpaired) electrons. The number of β-amino-alcohol motifs (C(OH)–C–C–N with tert-alkyl or cyclic N) is 1. The van der Waals surface area contributed by atoms with Gasteiger partial charge in [-0.1, -0.05) is 0 Å². The Morgan fingerprint density at radius 1 is 1.53 bits per heavy atom. The molecule has 1 amide bonds. The van der Waals surface area contributed by atoms with E-state index in [2.05, 4.69) is 0 Å². The van der Waals surface area contributed by atoms with E-state index < -0.39 is 0 Å².